The SMILES string of the molecule is CC(C)(NC(=O)c1ccccc1O)C(=O)Nc1nc(-c2ccc(F)cc2)c(Oc2ccc(F)cc2)s1. The number of rotatable bonds is 7. The molecule has 0 atom stereocenters. The molecule has 0 saturated carbocycles. The van der Waals surface area contributed by atoms with Crippen LogP contribution in [-0.2, 0) is 4.79 Å². The number of carbonyl (C=O) groups excluding carboxylic acids is 2. The molecule has 36 heavy (non-hydrogen) atoms. The first kappa shape index (κ1) is 24.8. The van der Waals surface area contributed by atoms with Crippen molar-refractivity contribution in [3.63, 3.8) is 0 Å². The van der Waals surface area contributed by atoms with Crippen molar-refractivity contribution in [1.29, 1.82) is 0 Å². The van der Waals surface area contributed by atoms with E-state index in [-0.39, 0.29) is 16.4 Å². The highest BCUT2D eigenvalue weighted by molar-refractivity contribution is 7.18. The third-order valence-corrected chi connectivity index (χ3v) is 5.95. The van der Waals surface area contributed by atoms with Gasteiger partial charge in [-0.05, 0) is 74.5 Å². The Morgan fingerprint density at radius 2 is 1.56 bits per heavy atom. The fraction of sp³-hybridized carbons (Fsp3) is 0.115. The summed E-state index contributed by atoms with van der Waals surface area (Å²) in [7, 11) is 0. The van der Waals surface area contributed by atoms with Gasteiger partial charge in [-0.15, -0.1) is 0 Å². The lowest BCUT2D eigenvalue weighted by Crippen LogP contribution is -2.52. The Morgan fingerprint density at radius 1 is 0.944 bits per heavy atom. The minimum atomic E-state index is -1.38. The number of hydrogen-bond acceptors (Lipinski definition) is 6. The van der Waals surface area contributed by atoms with Crippen molar-refractivity contribution in [2.45, 2.75) is 19.4 Å². The van der Waals surface area contributed by atoms with E-state index in [9.17, 15) is 23.5 Å². The zero-order valence-corrected chi connectivity index (χ0v) is 20.0. The van der Waals surface area contributed by atoms with Crippen molar-refractivity contribution >= 4 is 28.3 Å². The number of aromatic nitrogens is 1. The molecule has 0 saturated heterocycles. The topological polar surface area (TPSA) is 101 Å². The monoisotopic (exact) mass is 509 g/mol. The first-order valence-electron chi connectivity index (χ1n) is 10.7. The number of benzene rings is 3. The Labute approximate surface area is 209 Å². The summed E-state index contributed by atoms with van der Waals surface area (Å²) in [5.41, 5.74) is -0.465. The molecule has 0 bridgehead atoms. The van der Waals surface area contributed by atoms with Gasteiger partial charge in [0.25, 0.3) is 11.8 Å². The van der Waals surface area contributed by atoms with Crippen molar-refractivity contribution in [2.24, 2.45) is 0 Å². The predicted molar refractivity (Wildman–Crippen MR) is 132 cm³/mol. The Morgan fingerprint density at radius 3 is 2.19 bits per heavy atom. The van der Waals surface area contributed by atoms with Crippen molar-refractivity contribution in [2.75, 3.05) is 5.32 Å². The number of halogens is 2. The van der Waals surface area contributed by atoms with E-state index in [4.69, 9.17) is 4.74 Å². The standard InChI is InChI=1S/C26H21F2N3O4S/c1-26(2,31-22(33)19-5-3-4-6-20(19)32)24(34)30-25-29-21(15-7-9-16(27)10-8-15)23(36-25)35-18-13-11-17(28)12-14-18/h3-14,32H,1-2H3,(H,31,33)(H,29,30,34). The summed E-state index contributed by atoms with van der Waals surface area (Å²) in [4.78, 5) is 30.1. The number of hydrogen-bond donors (Lipinski definition) is 3. The molecular formula is C26H21F2N3O4S. The van der Waals surface area contributed by atoms with Gasteiger partial charge in [-0.3, -0.25) is 14.9 Å². The summed E-state index contributed by atoms with van der Waals surface area (Å²) < 4.78 is 32.6. The average molecular weight is 510 g/mol. The van der Waals surface area contributed by atoms with Crippen LogP contribution in [0.5, 0.6) is 16.6 Å². The summed E-state index contributed by atoms with van der Waals surface area (Å²) in [6, 6.07) is 16.9. The summed E-state index contributed by atoms with van der Waals surface area (Å²) in [5, 5.41) is 15.6. The molecule has 7 nitrogen and oxygen atoms in total. The molecule has 0 aliphatic carbocycles. The lowest BCUT2D eigenvalue weighted by atomic mass is 10.0. The number of para-hydroxylation sites is 1. The fourth-order valence-corrected chi connectivity index (χ4v) is 4.01. The molecular weight excluding hydrogens is 488 g/mol. The third kappa shape index (κ3) is 5.66. The molecule has 0 unspecified atom stereocenters. The van der Waals surface area contributed by atoms with E-state index in [0.29, 0.717) is 22.1 Å². The lowest BCUT2D eigenvalue weighted by molar-refractivity contribution is -0.120. The molecule has 3 N–H and O–H groups in total. The molecule has 0 aliphatic rings. The highest BCUT2D eigenvalue weighted by atomic mass is 32.1. The van der Waals surface area contributed by atoms with Crippen LogP contribution in [0.1, 0.15) is 24.2 Å². The van der Waals surface area contributed by atoms with Crippen LogP contribution in [0.15, 0.2) is 72.8 Å². The van der Waals surface area contributed by atoms with Gasteiger partial charge >= 0.3 is 0 Å². The number of phenolic OH excluding ortho intramolecular Hbond substituents is 1. The summed E-state index contributed by atoms with van der Waals surface area (Å²) >= 11 is 1.01. The highest BCUT2D eigenvalue weighted by Crippen LogP contribution is 2.40. The number of nitrogens with one attached hydrogen (secondary N) is 2. The molecule has 0 aliphatic heterocycles. The van der Waals surface area contributed by atoms with Gasteiger partial charge in [-0.1, -0.05) is 23.5 Å². The van der Waals surface area contributed by atoms with Crippen molar-refractivity contribution in [3.05, 3.63) is 90.0 Å². The van der Waals surface area contributed by atoms with Gasteiger partial charge in [0.15, 0.2) is 5.13 Å². The van der Waals surface area contributed by atoms with Crippen LogP contribution in [0, 0.1) is 11.6 Å². The minimum absolute atomic E-state index is 0.0289. The van der Waals surface area contributed by atoms with Crippen LogP contribution in [0.2, 0.25) is 0 Å². The molecule has 0 spiro atoms. The van der Waals surface area contributed by atoms with E-state index in [1.807, 2.05) is 0 Å². The molecule has 1 aromatic heterocycles. The number of phenols is 1. The highest BCUT2D eigenvalue weighted by Gasteiger charge is 2.32. The molecule has 1 heterocycles. The van der Waals surface area contributed by atoms with Crippen molar-refractivity contribution in [3.8, 4) is 27.8 Å². The second-order valence-electron chi connectivity index (χ2n) is 8.27. The Balaban J connectivity index is 1.58. The average Bonchev–Trinajstić information content (AvgIpc) is 3.23. The maximum absolute atomic E-state index is 13.5. The summed E-state index contributed by atoms with van der Waals surface area (Å²) in [6.07, 6.45) is 0. The van der Waals surface area contributed by atoms with Gasteiger partial charge in [-0.2, -0.15) is 0 Å². The molecule has 0 radical (unpaired) electrons. The van der Waals surface area contributed by atoms with Gasteiger partial charge < -0.3 is 15.2 Å². The maximum atomic E-state index is 13.5. The quantitative estimate of drug-likeness (QED) is 0.295. The van der Waals surface area contributed by atoms with Crippen molar-refractivity contribution in [1.82, 2.24) is 10.3 Å². The number of aromatic hydroxyl groups is 1. The van der Waals surface area contributed by atoms with Gasteiger partial charge in [0.1, 0.15) is 34.4 Å². The first-order valence-corrected chi connectivity index (χ1v) is 11.6. The molecule has 10 heteroatoms. The van der Waals surface area contributed by atoms with Crippen LogP contribution in [-0.4, -0.2) is 27.4 Å². The van der Waals surface area contributed by atoms with Gasteiger partial charge in [0, 0.05) is 5.56 Å². The lowest BCUT2D eigenvalue weighted by Gasteiger charge is -2.24. The second-order valence-corrected chi connectivity index (χ2v) is 9.23. The van der Waals surface area contributed by atoms with Crippen LogP contribution < -0.4 is 15.4 Å². The molecule has 184 valence electrons. The maximum Gasteiger partial charge on any atom is 0.255 e. The van der Waals surface area contributed by atoms with E-state index in [1.165, 1.54) is 74.5 Å². The normalized spacial score (nSPS) is 11.1. The van der Waals surface area contributed by atoms with E-state index in [0.717, 1.165) is 11.3 Å². The molecule has 3 aromatic carbocycles. The minimum Gasteiger partial charge on any atom is -0.507 e. The number of thiazole rings is 1. The van der Waals surface area contributed by atoms with Gasteiger partial charge in [-0.25, -0.2) is 13.8 Å². The second kappa shape index (κ2) is 10.1. The van der Waals surface area contributed by atoms with Crippen LogP contribution in [0.25, 0.3) is 11.3 Å². The number of carbonyl (C=O) groups is 2. The van der Waals surface area contributed by atoms with Gasteiger partial charge in [0.05, 0.1) is 5.56 Å². The smallest absolute Gasteiger partial charge is 0.255 e. The zero-order valence-electron chi connectivity index (χ0n) is 19.2. The van der Waals surface area contributed by atoms with E-state index < -0.39 is 29.0 Å². The van der Waals surface area contributed by atoms with Crippen LogP contribution in [0.4, 0.5) is 13.9 Å². The zero-order chi connectivity index (χ0) is 25.9. The third-order valence-electron chi connectivity index (χ3n) is 5.10. The molecule has 0 fully saturated rings. The Kier molecular flexibility index (Phi) is 6.98. The number of amides is 2. The Hall–Kier alpha value is -4.31. The summed E-state index contributed by atoms with van der Waals surface area (Å²) in [5.74, 6) is -1.91. The van der Waals surface area contributed by atoms with Gasteiger partial charge in [0.2, 0.25) is 5.06 Å². The molecule has 4 aromatic rings. The van der Waals surface area contributed by atoms with E-state index in [2.05, 4.69) is 15.6 Å². The van der Waals surface area contributed by atoms with Crippen LogP contribution in [0.3, 0.4) is 0 Å². The fourth-order valence-electron chi connectivity index (χ4n) is 3.16. The first-order chi connectivity index (χ1) is 17.1. The number of nitrogens with zero attached hydrogens (tertiary/aromatic N) is 1. The number of anilines is 1. The largest absolute Gasteiger partial charge is 0.507 e. The number of ether oxygens (including phenoxy) is 1. The van der Waals surface area contributed by atoms with Crippen molar-refractivity contribution < 1.29 is 28.2 Å². The predicted octanol–water partition coefficient (Wildman–Crippen LogP) is 5.73. The molecule has 2 amide bonds. The summed E-state index contributed by atoms with van der Waals surface area (Å²) in [6.45, 7) is 3.01. The van der Waals surface area contributed by atoms with Crippen LogP contribution >= 0.6 is 11.3 Å². The Bertz CT molecular complexity index is 1400. The molecule has 4 rings (SSSR count). The van der Waals surface area contributed by atoms with E-state index in [1.54, 1.807) is 12.1 Å². The van der Waals surface area contributed by atoms with E-state index >= 15 is 0 Å².